The lowest BCUT2D eigenvalue weighted by molar-refractivity contribution is -0.144. The van der Waals surface area contributed by atoms with Crippen LogP contribution in [-0.2, 0) is 9.59 Å². The predicted octanol–water partition coefficient (Wildman–Crippen LogP) is 1.65. The first-order valence-corrected chi connectivity index (χ1v) is 5.96. The molecule has 3 atom stereocenters. The minimum Gasteiger partial charge on any atom is -0.480 e. The molecule has 2 N–H and O–H groups in total. The van der Waals surface area contributed by atoms with Crippen LogP contribution in [0.1, 0.15) is 40.0 Å². The van der Waals surface area contributed by atoms with Gasteiger partial charge in [-0.1, -0.05) is 27.2 Å². The summed E-state index contributed by atoms with van der Waals surface area (Å²) in [6.45, 7) is 5.66. The molecular weight excluding hydrogens is 206 g/mol. The molecule has 92 valence electrons. The zero-order valence-electron chi connectivity index (χ0n) is 10.2. The Balaban J connectivity index is 2.58. The summed E-state index contributed by atoms with van der Waals surface area (Å²) in [6.07, 6.45) is 3.02. The van der Waals surface area contributed by atoms with Crippen LogP contribution in [0.2, 0.25) is 0 Å². The van der Waals surface area contributed by atoms with E-state index < -0.39 is 12.0 Å². The van der Waals surface area contributed by atoms with Gasteiger partial charge in [0.2, 0.25) is 5.91 Å². The van der Waals surface area contributed by atoms with Gasteiger partial charge < -0.3 is 10.4 Å². The van der Waals surface area contributed by atoms with E-state index >= 15 is 0 Å². The van der Waals surface area contributed by atoms with Crippen molar-refractivity contribution >= 4 is 11.9 Å². The van der Waals surface area contributed by atoms with Crippen molar-refractivity contribution in [1.82, 2.24) is 5.32 Å². The van der Waals surface area contributed by atoms with Gasteiger partial charge >= 0.3 is 5.97 Å². The summed E-state index contributed by atoms with van der Waals surface area (Å²) in [6, 6.07) is -0.764. The number of amides is 1. The van der Waals surface area contributed by atoms with Crippen LogP contribution in [-0.4, -0.2) is 23.0 Å². The SMILES string of the molecule is CC(C)C(NC(=O)C1CCCC1C)C(=O)O. The van der Waals surface area contributed by atoms with E-state index in [4.69, 9.17) is 5.11 Å². The summed E-state index contributed by atoms with van der Waals surface area (Å²) in [7, 11) is 0. The summed E-state index contributed by atoms with van der Waals surface area (Å²) in [5.74, 6) is -0.750. The van der Waals surface area contributed by atoms with Crippen LogP contribution in [0.4, 0.5) is 0 Å². The van der Waals surface area contributed by atoms with Crippen LogP contribution in [0, 0.1) is 17.8 Å². The third-order valence-electron chi connectivity index (χ3n) is 3.43. The first-order chi connectivity index (χ1) is 7.43. The van der Waals surface area contributed by atoms with Crippen molar-refractivity contribution in [2.75, 3.05) is 0 Å². The van der Waals surface area contributed by atoms with Crippen LogP contribution in [0.3, 0.4) is 0 Å². The normalized spacial score (nSPS) is 26.8. The monoisotopic (exact) mass is 227 g/mol. The number of rotatable bonds is 4. The molecule has 0 aromatic rings. The maximum atomic E-state index is 11.9. The van der Waals surface area contributed by atoms with Gasteiger partial charge in [0.25, 0.3) is 0 Å². The quantitative estimate of drug-likeness (QED) is 0.767. The molecule has 0 spiro atoms. The minimum absolute atomic E-state index is 0.000556. The average Bonchev–Trinajstić information content (AvgIpc) is 2.59. The molecule has 4 nitrogen and oxygen atoms in total. The fourth-order valence-electron chi connectivity index (χ4n) is 2.31. The summed E-state index contributed by atoms with van der Waals surface area (Å²) < 4.78 is 0. The zero-order valence-corrected chi connectivity index (χ0v) is 10.2. The molecule has 0 aliphatic heterocycles. The van der Waals surface area contributed by atoms with E-state index in [9.17, 15) is 9.59 Å². The largest absolute Gasteiger partial charge is 0.480 e. The molecule has 1 rings (SSSR count). The standard InChI is InChI=1S/C12H21NO3/c1-7(2)10(12(15)16)13-11(14)9-6-4-5-8(9)3/h7-10H,4-6H2,1-3H3,(H,13,14)(H,15,16). The molecule has 16 heavy (non-hydrogen) atoms. The van der Waals surface area contributed by atoms with E-state index in [1.165, 1.54) is 0 Å². The second-order valence-electron chi connectivity index (χ2n) is 5.08. The van der Waals surface area contributed by atoms with Crippen LogP contribution >= 0.6 is 0 Å². The second kappa shape index (κ2) is 5.32. The first-order valence-electron chi connectivity index (χ1n) is 5.96. The van der Waals surface area contributed by atoms with Crippen molar-refractivity contribution in [2.45, 2.75) is 46.1 Å². The molecule has 4 heteroatoms. The Kier molecular flexibility index (Phi) is 4.33. The topological polar surface area (TPSA) is 66.4 Å². The van der Waals surface area contributed by atoms with Crippen molar-refractivity contribution < 1.29 is 14.7 Å². The van der Waals surface area contributed by atoms with E-state index in [-0.39, 0.29) is 17.7 Å². The maximum absolute atomic E-state index is 11.9. The maximum Gasteiger partial charge on any atom is 0.326 e. The lowest BCUT2D eigenvalue weighted by Gasteiger charge is -2.22. The van der Waals surface area contributed by atoms with Crippen LogP contribution in [0.25, 0.3) is 0 Å². The number of hydrogen-bond donors (Lipinski definition) is 2. The van der Waals surface area contributed by atoms with Crippen LogP contribution in [0.15, 0.2) is 0 Å². The van der Waals surface area contributed by atoms with Crippen molar-refractivity contribution in [1.29, 1.82) is 0 Å². The molecule has 0 saturated heterocycles. The highest BCUT2D eigenvalue weighted by atomic mass is 16.4. The number of carboxylic acid groups (broad SMARTS) is 1. The van der Waals surface area contributed by atoms with Gasteiger partial charge in [0.15, 0.2) is 0 Å². The molecule has 1 aliphatic carbocycles. The summed E-state index contributed by atoms with van der Waals surface area (Å²) >= 11 is 0. The van der Waals surface area contributed by atoms with E-state index in [0.717, 1.165) is 19.3 Å². The Morgan fingerprint density at radius 1 is 1.31 bits per heavy atom. The third-order valence-corrected chi connectivity index (χ3v) is 3.43. The van der Waals surface area contributed by atoms with Crippen molar-refractivity contribution in [3.63, 3.8) is 0 Å². The zero-order chi connectivity index (χ0) is 12.3. The second-order valence-corrected chi connectivity index (χ2v) is 5.08. The van der Waals surface area contributed by atoms with Gasteiger partial charge in [-0.2, -0.15) is 0 Å². The fourth-order valence-corrected chi connectivity index (χ4v) is 2.31. The van der Waals surface area contributed by atoms with E-state index in [2.05, 4.69) is 12.2 Å². The van der Waals surface area contributed by atoms with Crippen molar-refractivity contribution in [3.05, 3.63) is 0 Å². The Morgan fingerprint density at radius 3 is 2.31 bits per heavy atom. The van der Waals surface area contributed by atoms with Gasteiger partial charge in [0, 0.05) is 5.92 Å². The Morgan fingerprint density at radius 2 is 1.94 bits per heavy atom. The Labute approximate surface area is 96.4 Å². The molecular formula is C12H21NO3. The van der Waals surface area contributed by atoms with Crippen molar-refractivity contribution in [2.24, 2.45) is 17.8 Å². The number of carboxylic acids is 1. The lowest BCUT2D eigenvalue weighted by Crippen LogP contribution is -2.47. The Bertz CT molecular complexity index is 275. The van der Waals surface area contributed by atoms with E-state index in [0.29, 0.717) is 5.92 Å². The summed E-state index contributed by atoms with van der Waals surface area (Å²) in [5, 5.41) is 11.6. The highest BCUT2D eigenvalue weighted by molar-refractivity contribution is 5.85. The molecule has 0 radical (unpaired) electrons. The minimum atomic E-state index is -0.950. The smallest absolute Gasteiger partial charge is 0.326 e. The number of aliphatic carboxylic acids is 1. The van der Waals surface area contributed by atoms with Gasteiger partial charge in [0.1, 0.15) is 6.04 Å². The van der Waals surface area contributed by atoms with Crippen LogP contribution < -0.4 is 5.32 Å². The average molecular weight is 227 g/mol. The van der Waals surface area contributed by atoms with E-state index in [1.807, 2.05) is 0 Å². The fraction of sp³-hybridized carbons (Fsp3) is 0.833. The molecule has 1 fully saturated rings. The molecule has 1 amide bonds. The molecule has 0 aromatic heterocycles. The number of carbonyl (C=O) groups is 2. The molecule has 1 aliphatic rings. The molecule has 3 unspecified atom stereocenters. The summed E-state index contributed by atoms with van der Waals surface area (Å²) in [5.41, 5.74) is 0. The predicted molar refractivity (Wildman–Crippen MR) is 60.9 cm³/mol. The molecule has 0 aromatic carbocycles. The summed E-state index contributed by atoms with van der Waals surface area (Å²) in [4.78, 5) is 22.9. The first kappa shape index (κ1) is 13.0. The number of carbonyl (C=O) groups excluding carboxylic acids is 1. The van der Waals surface area contributed by atoms with Gasteiger partial charge in [-0.15, -0.1) is 0 Å². The van der Waals surface area contributed by atoms with Gasteiger partial charge in [-0.25, -0.2) is 4.79 Å². The molecule has 0 bridgehead atoms. The Hall–Kier alpha value is -1.06. The molecule has 0 heterocycles. The molecule has 1 saturated carbocycles. The number of hydrogen-bond acceptors (Lipinski definition) is 2. The van der Waals surface area contributed by atoms with E-state index in [1.54, 1.807) is 13.8 Å². The highest BCUT2D eigenvalue weighted by Gasteiger charge is 2.32. The lowest BCUT2D eigenvalue weighted by atomic mass is 9.96. The number of nitrogens with one attached hydrogen (secondary N) is 1. The third kappa shape index (κ3) is 2.97. The van der Waals surface area contributed by atoms with Crippen LogP contribution in [0.5, 0.6) is 0 Å². The van der Waals surface area contributed by atoms with Gasteiger partial charge in [0.05, 0.1) is 0 Å². The van der Waals surface area contributed by atoms with Crippen molar-refractivity contribution in [3.8, 4) is 0 Å². The van der Waals surface area contributed by atoms with Gasteiger partial charge in [-0.3, -0.25) is 4.79 Å². The highest BCUT2D eigenvalue weighted by Crippen LogP contribution is 2.31. The van der Waals surface area contributed by atoms with Gasteiger partial charge in [-0.05, 0) is 24.7 Å².